The largest absolute Gasteiger partial charge is 0.453 e. The maximum atomic E-state index is 6.12. The Labute approximate surface area is 152 Å². The van der Waals surface area contributed by atoms with E-state index in [0.29, 0.717) is 0 Å². The second-order valence-electron chi connectivity index (χ2n) is 6.13. The number of fused-ring (bicyclic) bond motifs is 2. The van der Waals surface area contributed by atoms with E-state index >= 15 is 0 Å². The van der Waals surface area contributed by atoms with E-state index in [9.17, 15) is 0 Å². The summed E-state index contributed by atoms with van der Waals surface area (Å²) in [6.07, 6.45) is 3.70. The van der Waals surface area contributed by atoms with Gasteiger partial charge in [-0.1, -0.05) is 48.5 Å². The summed E-state index contributed by atoms with van der Waals surface area (Å²) in [5.74, 6) is 1.71. The highest BCUT2D eigenvalue weighted by Gasteiger charge is 2.26. The van der Waals surface area contributed by atoms with Crippen LogP contribution >= 0.6 is 0 Å². The highest BCUT2D eigenvalue weighted by molar-refractivity contribution is 5.92. The van der Waals surface area contributed by atoms with Crippen LogP contribution in [0.1, 0.15) is 0 Å². The highest BCUT2D eigenvalue weighted by atomic mass is 16.5. The van der Waals surface area contributed by atoms with Crippen LogP contribution in [0.25, 0.3) is 11.1 Å². The van der Waals surface area contributed by atoms with Gasteiger partial charge in [0, 0.05) is 23.5 Å². The fourth-order valence-electron chi connectivity index (χ4n) is 3.40. The fraction of sp³-hybridized carbons (Fsp3) is 0. The number of anilines is 3. The molecule has 5 rings (SSSR count). The van der Waals surface area contributed by atoms with Gasteiger partial charge in [-0.3, -0.25) is 4.98 Å². The summed E-state index contributed by atoms with van der Waals surface area (Å²) in [6, 6.07) is 28.7. The van der Waals surface area contributed by atoms with Crippen LogP contribution in [0.5, 0.6) is 11.5 Å². The molecule has 0 unspecified atom stereocenters. The number of nitrogens with zero attached hydrogens (tertiary/aromatic N) is 2. The first-order valence-corrected chi connectivity index (χ1v) is 8.57. The van der Waals surface area contributed by atoms with Gasteiger partial charge in [-0.25, -0.2) is 0 Å². The minimum absolute atomic E-state index is 0.854. The molecule has 1 aliphatic heterocycles. The lowest BCUT2D eigenvalue weighted by Gasteiger charge is -2.34. The number of benzene rings is 3. The lowest BCUT2D eigenvalue weighted by atomic mass is 10.0. The zero-order valence-electron chi connectivity index (χ0n) is 14.0. The molecule has 0 spiro atoms. The van der Waals surface area contributed by atoms with E-state index in [-0.39, 0.29) is 0 Å². The van der Waals surface area contributed by atoms with E-state index in [2.05, 4.69) is 52.3 Å². The van der Waals surface area contributed by atoms with E-state index in [1.165, 1.54) is 0 Å². The SMILES string of the molecule is c1cncc(-c2ccccc2N2c3ccccc3Oc3ccccc32)c1. The normalized spacial score (nSPS) is 12.1. The Hall–Kier alpha value is -3.59. The molecule has 0 radical (unpaired) electrons. The van der Waals surface area contributed by atoms with E-state index in [4.69, 9.17) is 4.74 Å². The van der Waals surface area contributed by atoms with Crippen molar-refractivity contribution in [1.29, 1.82) is 0 Å². The summed E-state index contributed by atoms with van der Waals surface area (Å²) in [5, 5.41) is 0. The summed E-state index contributed by atoms with van der Waals surface area (Å²) in [4.78, 5) is 6.55. The van der Waals surface area contributed by atoms with E-state index in [1.807, 2.05) is 48.7 Å². The molecule has 0 atom stereocenters. The van der Waals surface area contributed by atoms with Crippen LogP contribution in [0.3, 0.4) is 0 Å². The van der Waals surface area contributed by atoms with Crippen molar-refractivity contribution < 1.29 is 4.74 Å². The monoisotopic (exact) mass is 336 g/mol. The van der Waals surface area contributed by atoms with E-state index in [1.54, 1.807) is 6.20 Å². The number of aromatic nitrogens is 1. The molecular weight excluding hydrogens is 320 g/mol. The van der Waals surface area contributed by atoms with Gasteiger partial charge in [0.25, 0.3) is 0 Å². The van der Waals surface area contributed by atoms with Gasteiger partial charge in [-0.15, -0.1) is 0 Å². The topological polar surface area (TPSA) is 25.4 Å². The number of ether oxygens (including phenoxy) is 1. The van der Waals surface area contributed by atoms with Crippen LogP contribution in [-0.2, 0) is 0 Å². The summed E-state index contributed by atoms with van der Waals surface area (Å²) >= 11 is 0. The van der Waals surface area contributed by atoms with Crippen molar-refractivity contribution in [2.45, 2.75) is 0 Å². The number of pyridine rings is 1. The third kappa shape index (κ3) is 2.33. The second-order valence-corrected chi connectivity index (χ2v) is 6.13. The van der Waals surface area contributed by atoms with Crippen LogP contribution in [0.2, 0.25) is 0 Å². The molecule has 0 amide bonds. The molecule has 0 bridgehead atoms. The number of hydrogen-bond donors (Lipinski definition) is 0. The molecule has 0 saturated heterocycles. The first-order chi connectivity index (χ1) is 12.9. The van der Waals surface area contributed by atoms with Gasteiger partial charge in [-0.05, 0) is 36.4 Å². The minimum Gasteiger partial charge on any atom is -0.453 e. The smallest absolute Gasteiger partial charge is 0.151 e. The van der Waals surface area contributed by atoms with Crippen LogP contribution < -0.4 is 9.64 Å². The first kappa shape index (κ1) is 14.7. The molecule has 4 aromatic rings. The van der Waals surface area contributed by atoms with Crippen molar-refractivity contribution in [3.8, 4) is 22.6 Å². The van der Waals surface area contributed by atoms with Gasteiger partial charge >= 0.3 is 0 Å². The Bertz CT molecular complexity index is 1030. The molecule has 3 heteroatoms. The Morgan fingerprint density at radius 2 is 1.23 bits per heavy atom. The van der Waals surface area contributed by atoms with Crippen LogP contribution in [0.15, 0.2) is 97.3 Å². The Morgan fingerprint density at radius 1 is 0.615 bits per heavy atom. The molecule has 0 saturated carbocycles. The molecule has 0 N–H and O–H groups in total. The lowest BCUT2D eigenvalue weighted by molar-refractivity contribution is 0.477. The average molecular weight is 336 g/mol. The quantitative estimate of drug-likeness (QED) is 0.377. The minimum atomic E-state index is 0.854. The van der Waals surface area contributed by atoms with Gasteiger partial charge in [0.05, 0.1) is 17.1 Å². The van der Waals surface area contributed by atoms with E-state index in [0.717, 1.165) is 39.7 Å². The molecule has 0 fully saturated rings. The number of para-hydroxylation sites is 5. The maximum Gasteiger partial charge on any atom is 0.151 e. The summed E-state index contributed by atoms with van der Waals surface area (Å²) < 4.78 is 6.12. The lowest BCUT2D eigenvalue weighted by Crippen LogP contribution is -2.16. The third-order valence-electron chi connectivity index (χ3n) is 4.55. The fourth-order valence-corrected chi connectivity index (χ4v) is 3.40. The first-order valence-electron chi connectivity index (χ1n) is 8.57. The second kappa shape index (κ2) is 6.05. The molecule has 1 aromatic heterocycles. The standard InChI is InChI=1S/C23H16N2O/c1-2-10-19(18(9-1)17-8-7-15-24-16-17)25-20-11-3-5-13-22(20)26-23-14-6-4-12-21(23)25/h1-16H. The summed E-state index contributed by atoms with van der Waals surface area (Å²) in [7, 11) is 0. The summed E-state index contributed by atoms with van der Waals surface area (Å²) in [6.45, 7) is 0. The van der Waals surface area contributed by atoms with Crippen molar-refractivity contribution in [3.05, 3.63) is 97.3 Å². The van der Waals surface area contributed by atoms with Gasteiger partial charge < -0.3 is 9.64 Å². The Morgan fingerprint density at radius 3 is 1.88 bits per heavy atom. The van der Waals surface area contributed by atoms with Gasteiger partial charge in [0.15, 0.2) is 11.5 Å². The molecule has 2 heterocycles. The van der Waals surface area contributed by atoms with Crippen molar-refractivity contribution in [3.63, 3.8) is 0 Å². The molecule has 26 heavy (non-hydrogen) atoms. The summed E-state index contributed by atoms with van der Waals surface area (Å²) in [5.41, 5.74) is 5.38. The van der Waals surface area contributed by atoms with Crippen LogP contribution in [0.4, 0.5) is 17.1 Å². The molecule has 1 aliphatic rings. The third-order valence-corrected chi connectivity index (χ3v) is 4.55. The molecule has 3 aromatic carbocycles. The molecule has 3 nitrogen and oxygen atoms in total. The maximum absolute atomic E-state index is 6.12. The number of rotatable bonds is 2. The highest BCUT2D eigenvalue weighted by Crippen LogP contribution is 2.51. The van der Waals surface area contributed by atoms with Gasteiger partial charge in [0.1, 0.15) is 0 Å². The molecule has 0 aliphatic carbocycles. The van der Waals surface area contributed by atoms with Gasteiger partial charge in [0.2, 0.25) is 0 Å². The van der Waals surface area contributed by atoms with Gasteiger partial charge in [-0.2, -0.15) is 0 Å². The van der Waals surface area contributed by atoms with Crippen molar-refractivity contribution in [2.75, 3.05) is 4.90 Å². The van der Waals surface area contributed by atoms with Crippen LogP contribution in [-0.4, -0.2) is 4.98 Å². The average Bonchev–Trinajstić information content (AvgIpc) is 2.72. The number of hydrogen-bond acceptors (Lipinski definition) is 3. The predicted molar refractivity (Wildman–Crippen MR) is 104 cm³/mol. The van der Waals surface area contributed by atoms with Crippen molar-refractivity contribution in [1.82, 2.24) is 4.98 Å². The molecular formula is C23H16N2O. The van der Waals surface area contributed by atoms with Crippen LogP contribution in [0, 0.1) is 0 Å². The van der Waals surface area contributed by atoms with E-state index < -0.39 is 0 Å². The zero-order valence-corrected chi connectivity index (χ0v) is 14.0. The zero-order chi connectivity index (χ0) is 17.3. The van der Waals surface area contributed by atoms with Crippen molar-refractivity contribution in [2.24, 2.45) is 0 Å². The molecule has 124 valence electrons. The van der Waals surface area contributed by atoms with Crippen molar-refractivity contribution >= 4 is 17.1 Å². The Balaban J connectivity index is 1.78. The predicted octanol–water partition coefficient (Wildman–Crippen LogP) is 6.32. The Kier molecular flexibility index (Phi) is 3.42.